The lowest BCUT2D eigenvalue weighted by Gasteiger charge is -2.24. The fourth-order valence-corrected chi connectivity index (χ4v) is 1.41. The maximum atomic E-state index is 11.5. The van der Waals surface area contributed by atoms with Gasteiger partial charge in [0.2, 0.25) is 0 Å². The summed E-state index contributed by atoms with van der Waals surface area (Å²) in [5, 5.41) is 10.2. The van der Waals surface area contributed by atoms with Crippen molar-refractivity contribution in [3.8, 4) is 0 Å². The number of rotatable bonds is 1. The maximum absolute atomic E-state index is 11.5. The zero-order chi connectivity index (χ0) is 9.80. The van der Waals surface area contributed by atoms with Crippen LogP contribution in [0.3, 0.4) is 0 Å². The van der Waals surface area contributed by atoms with Crippen LogP contribution in [0.15, 0.2) is 6.33 Å². The Labute approximate surface area is 80.6 Å². The first kappa shape index (κ1) is 8.92. The molecule has 0 bridgehead atoms. The van der Waals surface area contributed by atoms with Gasteiger partial charge in [-0.15, -0.1) is 5.10 Å². The molecule has 0 atom stereocenters. The van der Waals surface area contributed by atoms with Crippen LogP contribution in [0.25, 0.3) is 0 Å². The number of tetrazole rings is 1. The Morgan fingerprint density at radius 1 is 1.29 bits per heavy atom. The molecular weight excluding hydrogens is 186 g/mol. The van der Waals surface area contributed by atoms with Crippen LogP contribution < -0.4 is 4.84 Å². The van der Waals surface area contributed by atoms with Crippen LogP contribution in [0.2, 0.25) is 0 Å². The van der Waals surface area contributed by atoms with Crippen molar-refractivity contribution in [3.63, 3.8) is 0 Å². The number of carbonyl (C=O) groups is 1. The first-order valence-electron chi connectivity index (χ1n) is 4.56. The van der Waals surface area contributed by atoms with Gasteiger partial charge in [0.1, 0.15) is 0 Å². The highest BCUT2D eigenvalue weighted by Gasteiger charge is 2.18. The number of hydrogen-bond donors (Lipinski definition) is 0. The molecule has 76 valence electrons. The Bertz CT molecular complexity index is 293. The molecule has 0 N–H and O–H groups in total. The van der Waals surface area contributed by atoms with Crippen molar-refractivity contribution in [1.29, 1.82) is 0 Å². The zero-order valence-corrected chi connectivity index (χ0v) is 7.67. The molecule has 0 radical (unpaired) electrons. The normalized spacial score (nSPS) is 16.7. The molecule has 2 heterocycles. The summed E-state index contributed by atoms with van der Waals surface area (Å²) in [7, 11) is 0. The van der Waals surface area contributed by atoms with Gasteiger partial charge in [-0.2, -0.15) is 0 Å². The molecule has 7 nitrogen and oxygen atoms in total. The van der Waals surface area contributed by atoms with E-state index in [1.165, 1.54) is 12.7 Å². The van der Waals surface area contributed by atoms with Crippen LogP contribution in [-0.4, -0.2) is 44.5 Å². The van der Waals surface area contributed by atoms with E-state index in [-0.39, 0.29) is 0 Å². The van der Waals surface area contributed by atoms with Gasteiger partial charge < -0.3 is 4.90 Å². The molecule has 1 saturated heterocycles. The summed E-state index contributed by atoms with van der Waals surface area (Å²) in [6.45, 7) is 1.50. The van der Waals surface area contributed by atoms with E-state index >= 15 is 0 Å². The molecule has 2 rings (SSSR count). The Morgan fingerprint density at radius 2 is 2.07 bits per heavy atom. The van der Waals surface area contributed by atoms with E-state index in [1.54, 1.807) is 4.90 Å². The maximum Gasteiger partial charge on any atom is 0.436 e. The molecule has 1 fully saturated rings. The van der Waals surface area contributed by atoms with E-state index in [4.69, 9.17) is 4.84 Å². The van der Waals surface area contributed by atoms with E-state index in [0.717, 1.165) is 30.8 Å². The van der Waals surface area contributed by atoms with Crippen LogP contribution in [0.1, 0.15) is 19.3 Å². The van der Waals surface area contributed by atoms with Crippen molar-refractivity contribution in [2.75, 3.05) is 13.1 Å². The third-order valence-electron chi connectivity index (χ3n) is 2.12. The van der Waals surface area contributed by atoms with Gasteiger partial charge in [0.15, 0.2) is 6.33 Å². The molecule has 1 aliphatic heterocycles. The topological polar surface area (TPSA) is 73.1 Å². The third-order valence-corrected chi connectivity index (χ3v) is 2.12. The highest BCUT2D eigenvalue weighted by atomic mass is 16.7. The fourth-order valence-electron chi connectivity index (χ4n) is 1.41. The quantitative estimate of drug-likeness (QED) is 0.578. The van der Waals surface area contributed by atoms with Gasteiger partial charge in [-0.25, -0.2) is 4.79 Å². The molecule has 0 unspecified atom stereocenters. The van der Waals surface area contributed by atoms with Gasteiger partial charge in [0.25, 0.3) is 0 Å². The molecule has 0 spiro atoms. The van der Waals surface area contributed by atoms with Crippen LogP contribution in [0, 0.1) is 0 Å². The molecular formula is C7H11N5O2. The van der Waals surface area contributed by atoms with Crippen LogP contribution in [0.4, 0.5) is 4.79 Å². The molecule has 7 heteroatoms. The number of piperidine rings is 1. The minimum atomic E-state index is -0.392. The van der Waals surface area contributed by atoms with Crippen molar-refractivity contribution >= 4 is 6.09 Å². The van der Waals surface area contributed by atoms with Gasteiger partial charge >= 0.3 is 6.09 Å². The summed E-state index contributed by atoms with van der Waals surface area (Å²) < 4.78 is 0. The SMILES string of the molecule is O=C(On1cnnn1)N1CCCCC1. The number of amides is 1. The van der Waals surface area contributed by atoms with Crippen molar-refractivity contribution in [2.24, 2.45) is 0 Å². The Hall–Kier alpha value is -1.66. The minimum Gasteiger partial charge on any atom is -0.306 e. The van der Waals surface area contributed by atoms with Crippen molar-refractivity contribution in [1.82, 2.24) is 25.3 Å². The third kappa shape index (κ3) is 1.98. The fraction of sp³-hybridized carbons (Fsp3) is 0.714. The Kier molecular flexibility index (Phi) is 2.57. The lowest BCUT2D eigenvalue weighted by molar-refractivity contribution is 0.0709. The molecule has 14 heavy (non-hydrogen) atoms. The molecule has 1 aromatic rings. The molecule has 0 saturated carbocycles. The molecule has 1 aromatic heterocycles. The second-order valence-electron chi connectivity index (χ2n) is 3.12. The van der Waals surface area contributed by atoms with Crippen LogP contribution >= 0.6 is 0 Å². The van der Waals surface area contributed by atoms with Crippen LogP contribution in [0.5, 0.6) is 0 Å². The Morgan fingerprint density at radius 3 is 2.71 bits per heavy atom. The van der Waals surface area contributed by atoms with Crippen molar-refractivity contribution < 1.29 is 9.63 Å². The zero-order valence-electron chi connectivity index (χ0n) is 7.67. The van der Waals surface area contributed by atoms with E-state index in [2.05, 4.69) is 15.5 Å². The number of nitrogens with zero attached hydrogens (tertiary/aromatic N) is 5. The first-order chi connectivity index (χ1) is 6.86. The standard InChI is InChI=1S/C7H11N5O2/c13-7(11-4-2-1-3-5-11)14-12-6-8-9-10-12/h6H,1-5H2. The summed E-state index contributed by atoms with van der Waals surface area (Å²) in [6.07, 6.45) is 4.09. The van der Waals surface area contributed by atoms with Crippen molar-refractivity contribution in [3.05, 3.63) is 6.33 Å². The summed E-state index contributed by atoms with van der Waals surface area (Å²) in [5.41, 5.74) is 0. The molecule has 1 amide bonds. The molecule has 0 aliphatic carbocycles. The summed E-state index contributed by atoms with van der Waals surface area (Å²) in [6, 6.07) is 0. The number of carbonyl (C=O) groups excluding carboxylic acids is 1. The van der Waals surface area contributed by atoms with Gasteiger partial charge in [-0.3, -0.25) is 4.84 Å². The van der Waals surface area contributed by atoms with E-state index < -0.39 is 6.09 Å². The Balaban J connectivity index is 1.88. The monoisotopic (exact) mass is 197 g/mol. The van der Waals surface area contributed by atoms with Gasteiger partial charge in [-0.1, -0.05) is 4.85 Å². The summed E-state index contributed by atoms with van der Waals surface area (Å²) >= 11 is 0. The van der Waals surface area contributed by atoms with Crippen molar-refractivity contribution in [2.45, 2.75) is 19.3 Å². The highest BCUT2D eigenvalue weighted by molar-refractivity contribution is 5.67. The van der Waals surface area contributed by atoms with Gasteiger partial charge in [0, 0.05) is 13.1 Å². The van der Waals surface area contributed by atoms with Gasteiger partial charge in [0.05, 0.1) is 0 Å². The summed E-state index contributed by atoms with van der Waals surface area (Å²) in [5.74, 6) is 0. The predicted molar refractivity (Wildman–Crippen MR) is 45.2 cm³/mol. The van der Waals surface area contributed by atoms with E-state index in [9.17, 15) is 4.79 Å². The highest BCUT2D eigenvalue weighted by Crippen LogP contribution is 2.08. The minimum absolute atomic E-state index is 0.392. The number of hydrogen-bond acceptors (Lipinski definition) is 5. The average molecular weight is 197 g/mol. The number of aromatic nitrogens is 4. The molecule has 0 aromatic carbocycles. The molecule has 1 aliphatic rings. The lowest BCUT2D eigenvalue weighted by Crippen LogP contribution is -2.40. The second-order valence-corrected chi connectivity index (χ2v) is 3.12. The largest absolute Gasteiger partial charge is 0.436 e. The van der Waals surface area contributed by atoms with Gasteiger partial charge in [-0.05, 0) is 29.7 Å². The summed E-state index contributed by atoms with van der Waals surface area (Å²) in [4.78, 5) is 18.9. The van der Waals surface area contributed by atoms with E-state index in [0.29, 0.717) is 0 Å². The predicted octanol–water partition coefficient (Wildman–Crippen LogP) is -0.292. The average Bonchev–Trinajstić information content (AvgIpc) is 2.72. The van der Waals surface area contributed by atoms with E-state index in [1.807, 2.05) is 0 Å². The first-order valence-corrected chi connectivity index (χ1v) is 4.56. The smallest absolute Gasteiger partial charge is 0.306 e. The van der Waals surface area contributed by atoms with Crippen LogP contribution in [-0.2, 0) is 0 Å². The second kappa shape index (κ2) is 4.03. The lowest BCUT2D eigenvalue weighted by atomic mass is 10.1. The number of likely N-dealkylation sites (tertiary alicyclic amines) is 1.